The van der Waals surface area contributed by atoms with E-state index in [0.717, 1.165) is 5.56 Å². The first kappa shape index (κ1) is 17.6. The third kappa shape index (κ3) is 3.31. The van der Waals surface area contributed by atoms with Gasteiger partial charge in [0.05, 0.1) is 32.6 Å². The Kier molecular flexibility index (Phi) is 4.63. The third-order valence-electron chi connectivity index (χ3n) is 4.90. The molecule has 9 heteroatoms. The Morgan fingerprint density at radius 1 is 1.19 bits per heavy atom. The van der Waals surface area contributed by atoms with Crippen LogP contribution >= 0.6 is 0 Å². The highest BCUT2D eigenvalue weighted by atomic mass is 16.6. The zero-order valence-electron chi connectivity index (χ0n) is 15.0. The van der Waals surface area contributed by atoms with Crippen LogP contribution in [0.15, 0.2) is 30.5 Å². The number of hydrogen-bond donors (Lipinski definition) is 1. The molecule has 9 nitrogen and oxygen atoms in total. The Labute approximate surface area is 155 Å². The van der Waals surface area contributed by atoms with Crippen LogP contribution in [0.5, 0.6) is 0 Å². The van der Waals surface area contributed by atoms with E-state index in [2.05, 4.69) is 20.4 Å². The number of esters is 1. The number of aryl methyl sites for hydroxylation is 1. The van der Waals surface area contributed by atoms with Gasteiger partial charge in [0.1, 0.15) is 18.2 Å². The highest BCUT2D eigenvalue weighted by Gasteiger charge is 2.49. The molecule has 2 aromatic rings. The van der Waals surface area contributed by atoms with Gasteiger partial charge in [-0.25, -0.2) is 9.48 Å². The lowest BCUT2D eigenvalue weighted by molar-refractivity contribution is 0.0591. The number of hydrogen-bond acceptors (Lipinski definition) is 7. The van der Waals surface area contributed by atoms with E-state index in [9.17, 15) is 9.59 Å². The summed E-state index contributed by atoms with van der Waals surface area (Å²) in [6, 6.07) is 6.91. The summed E-state index contributed by atoms with van der Waals surface area (Å²) in [4.78, 5) is 24.0. The van der Waals surface area contributed by atoms with Crippen molar-refractivity contribution < 1.29 is 23.8 Å². The molecule has 1 aromatic heterocycles. The fourth-order valence-electron chi connectivity index (χ4n) is 3.42. The fourth-order valence-corrected chi connectivity index (χ4v) is 3.42. The number of fused-ring (bicyclic) bond motifs is 1. The van der Waals surface area contributed by atoms with Crippen LogP contribution < -0.4 is 5.32 Å². The van der Waals surface area contributed by atoms with Gasteiger partial charge in [-0.1, -0.05) is 22.9 Å². The molecule has 3 heterocycles. The molecule has 2 aliphatic heterocycles. The minimum Gasteiger partial charge on any atom is -0.464 e. The van der Waals surface area contributed by atoms with Crippen LogP contribution in [-0.4, -0.2) is 65.4 Å². The van der Waals surface area contributed by atoms with Crippen molar-refractivity contribution >= 4 is 11.9 Å². The van der Waals surface area contributed by atoms with Gasteiger partial charge in [0.2, 0.25) is 0 Å². The largest absolute Gasteiger partial charge is 0.464 e. The van der Waals surface area contributed by atoms with Crippen molar-refractivity contribution in [3.8, 4) is 0 Å². The zero-order chi connectivity index (χ0) is 19.0. The van der Waals surface area contributed by atoms with Gasteiger partial charge in [-0.3, -0.25) is 4.79 Å². The van der Waals surface area contributed by atoms with E-state index >= 15 is 0 Å². The molecule has 0 spiro atoms. The molecule has 2 aliphatic rings. The van der Waals surface area contributed by atoms with Gasteiger partial charge >= 0.3 is 5.97 Å². The highest BCUT2D eigenvalue weighted by molar-refractivity contribution is 5.94. The molecule has 0 saturated carbocycles. The van der Waals surface area contributed by atoms with Crippen molar-refractivity contribution in [2.24, 2.45) is 0 Å². The number of benzene rings is 1. The van der Waals surface area contributed by atoms with Gasteiger partial charge < -0.3 is 19.5 Å². The van der Waals surface area contributed by atoms with E-state index in [1.165, 1.54) is 13.3 Å². The summed E-state index contributed by atoms with van der Waals surface area (Å²) in [6.45, 7) is 2.68. The van der Waals surface area contributed by atoms with Gasteiger partial charge in [-0.05, 0) is 19.1 Å². The molecule has 4 atom stereocenters. The molecule has 0 unspecified atom stereocenters. The van der Waals surface area contributed by atoms with Crippen LogP contribution in [0.3, 0.4) is 0 Å². The molecule has 4 rings (SSSR count). The van der Waals surface area contributed by atoms with Crippen molar-refractivity contribution in [2.45, 2.75) is 31.2 Å². The van der Waals surface area contributed by atoms with Crippen molar-refractivity contribution in [2.75, 3.05) is 20.3 Å². The van der Waals surface area contributed by atoms with Gasteiger partial charge in [-0.2, -0.15) is 0 Å². The van der Waals surface area contributed by atoms with Crippen LogP contribution in [0.25, 0.3) is 0 Å². The van der Waals surface area contributed by atoms with E-state index in [-0.39, 0.29) is 35.9 Å². The van der Waals surface area contributed by atoms with E-state index in [1.54, 1.807) is 16.8 Å². The van der Waals surface area contributed by atoms with Gasteiger partial charge in [0, 0.05) is 5.56 Å². The average Bonchev–Trinajstić information content (AvgIpc) is 3.38. The summed E-state index contributed by atoms with van der Waals surface area (Å²) in [6.07, 6.45) is 0.958. The number of methoxy groups -OCH3 is 1. The van der Waals surface area contributed by atoms with Crippen molar-refractivity contribution in [1.82, 2.24) is 20.3 Å². The highest BCUT2D eigenvalue weighted by Crippen LogP contribution is 2.34. The number of rotatable bonds is 4. The zero-order valence-corrected chi connectivity index (χ0v) is 15.0. The molecular formula is C18H20N4O5. The van der Waals surface area contributed by atoms with Crippen LogP contribution in [0.2, 0.25) is 0 Å². The van der Waals surface area contributed by atoms with Crippen LogP contribution in [0.1, 0.15) is 32.5 Å². The Balaban J connectivity index is 1.42. The molecule has 2 saturated heterocycles. The predicted molar refractivity (Wildman–Crippen MR) is 92.3 cm³/mol. The second-order valence-corrected chi connectivity index (χ2v) is 6.68. The number of ether oxygens (including phenoxy) is 3. The third-order valence-corrected chi connectivity index (χ3v) is 4.90. The minimum absolute atomic E-state index is 0.128. The van der Waals surface area contributed by atoms with E-state index < -0.39 is 5.97 Å². The standard InChI is InChI=1S/C18H20N4O5/c1-10-3-5-11(6-4-10)17(23)19-13-8-26-16-14(9-27-15(13)16)22-7-12(20-21-22)18(24)25-2/h3-7,13-16H,8-9H2,1-2H3,(H,19,23)/t13-,14-,15+,16+/m0/s1. The summed E-state index contributed by atoms with van der Waals surface area (Å²) < 4.78 is 17.9. The maximum absolute atomic E-state index is 12.5. The first-order valence-electron chi connectivity index (χ1n) is 8.67. The first-order chi connectivity index (χ1) is 13.1. The lowest BCUT2D eigenvalue weighted by Gasteiger charge is -2.18. The summed E-state index contributed by atoms with van der Waals surface area (Å²) in [5.74, 6) is -0.711. The Morgan fingerprint density at radius 2 is 1.93 bits per heavy atom. The van der Waals surface area contributed by atoms with Crippen molar-refractivity contribution in [1.29, 1.82) is 0 Å². The maximum Gasteiger partial charge on any atom is 0.360 e. The molecule has 0 radical (unpaired) electrons. The molecule has 2 fully saturated rings. The molecule has 0 aliphatic carbocycles. The maximum atomic E-state index is 12.5. The second-order valence-electron chi connectivity index (χ2n) is 6.68. The summed E-state index contributed by atoms with van der Waals surface area (Å²) in [5.41, 5.74) is 1.82. The number of carbonyl (C=O) groups excluding carboxylic acids is 2. The Hall–Kier alpha value is -2.78. The van der Waals surface area contributed by atoms with E-state index in [0.29, 0.717) is 18.8 Å². The minimum atomic E-state index is -0.549. The number of nitrogens with one attached hydrogen (secondary N) is 1. The predicted octanol–water partition coefficient (Wildman–Crippen LogP) is 0.510. The first-order valence-corrected chi connectivity index (χ1v) is 8.67. The average molecular weight is 372 g/mol. The van der Waals surface area contributed by atoms with Crippen LogP contribution in [-0.2, 0) is 14.2 Å². The quantitative estimate of drug-likeness (QED) is 0.780. The normalized spacial score (nSPS) is 26.6. The Bertz CT molecular complexity index is 850. The fraction of sp³-hybridized carbons (Fsp3) is 0.444. The molecule has 142 valence electrons. The monoisotopic (exact) mass is 372 g/mol. The molecule has 1 aromatic carbocycles. The number of nitrogens with zero attached hydrogens (tertiary/aromatic N) is 3. The van der Waals surface area contributed by atoms with Gasteiger partial charge in [-0.15, -0.1) is 5.10 Å². The molecule has 27 heavy (non-hydrogen) atoms. The molecule has 0 bridgehead atoms. The summed E-state index contributed by atoms with van der Waals surface area (Å²) in [7, 11) is 1.29. The van der Waals surface area contributed by atoms with Crippen LogP contribution in [0.4, 0.5) is 0 Å². The van der Waals surface area contributed by atoms with Crippen LogP contribution in [0, 0.1) is 6.92 Å². The lowest BCUT2D eigenvalue weighted by atomic mass is 10.1. The van der Waals surface area contributed by atoms with E-state index in [1.807, 2.05) is 19.1 Å². The Morgan fingerprint density at radius 3 is 2.67 bits per heavy atom. The van der Waals surface area contributed by atoms with Gasteiger partial charge in [0.25, 0.3) is 5.91 Å². The van der Waals surface area contributed by atoms with Crippen molar-refractivity contribution in [3.05, 3.63) is 47.3 Å². The lowest BCUT2D eigenvalue weighted by Crippen LogP contribution is -2.44. The van der Waals surface area contributed by atoms with Gasteiger partial charge in [0.15, 0.2) is 5.69 Å². The van der Waals surface area contributed by atoms with Crippen molar-refractivity contribution in [3.63, 3.8) is 0 Å². The molecular weight excluding hydrogens is 352 g/mol. The summed E-state index contributed by atoms with van der Waals surface area (Å²) >= 11 is 0. The molecule has 1 amide bonds. The molecule has 1 N–H and O–H groups in total. The number of carbonyl (C=O) groups is 2. The number of aromatic nitrogens is 3. The topological polar surface area (TPSA) is 105 Å². The van der Waals surface area contributed by atoms with E-state index in [4.69, 9.17) is 9.47 Å². The second kappa shape index (κ2) is 7.09. The summed E-state index contributed by atoms with van der Waals surface area (Å²) in [5, 5.41) is 10.8. The smallest absolute Gasteiger partial charge is 0.360 e. The SMILES string of the molecule is COC(=O)c1cn([C@H]2CO[C@H]3[C@@H]2OC[C@@H]3NC(=O)c2ccc(C)cc2)nn1. The number of amides is 1.